The molecule has 3 amide bonds. The Labute approximate surface area is 144 Å². The quantitative estimate of drug-likeness (QED) is 0.894. The Morgan fingerprint density at radius 1 is 1.25 bits per heavy atom. The molecule has 0 bridgehead atoms. The zero-order chi connectivity index (χ0) is 17.1. The lowest BCUT2D eigenvalue weighted by Crippen LogP contribution is -2.27. The third-order valence-corrected chi connectivity index (χ3v) is 3.93. The molecule has 0 atom stereocenters. The van der Waals surface area contributed by atoms with Crippen LogP contribution in [0.15, 0.2) is 42.5 Å². The van der Waals surface area contributed by atoms with Crippen LogP contribution in [0.2, 0.25) is 5.02 Å². The predicted molar refractivity (Wildman–Crippen MR) is 93.1 cm³/mol. The molecule has 24 heavy (non-hydrogen) atoms. The lowest BCUT2D eigenvalue weighted by molar-refractivity contribution is 0.102. The van der Waals surface area contributed by atoms with Crippen LogP contribution in [0.1, 0.15) is 10.4 Å². The monoisotopic (exact) mass is 345 g/mol. The van der Waals surface area contributed by atoms with Gasteiger partial charge in [-0.2, -0.15) is 0 Å². The molecule has 1 saturated heterocycles. The summed E-state index contributed by atoms with van der Waals surface area (Å²) < 4.78 is 5.19. The van der Waals surface area contributed by atoms with Crippen molar-refractivity contribution in [2.45, 2.75) is 0 Å². The summed E-state index contributed by atoms with van der Waals surface area (Å²) in [5, 5.41) is 5.99. The fourth-order valence-electron chi connectivity index (χ4n) is 2.50. The number of hydrogen-bond acceptors (Lipinski definition) is 3. The van der Waals surface area contributed by atoms with Gasteiger partial charge in [0.2, 0.25) is 0 Å². The number of ether oxygens (including phenoxy) is 1. The number of carbonyl (C=O) groups is 2. The fraction of sp³-hybridized carbons (Fsp3) is 0.176. The van der Waals surface area contributed by atoms with E-state index in [1.54, 1.807) is 47.4 Å². The first-order valence-electron chi connectivity index (χ1n) is 7.39. The lowest BCUT2D eigenvalue weighted by Gasteiger charge is -2.15. The molecule has 1 heterocycles. The molecule has 0 spiro atoms. The lowest BCUT2D eigenvalue weighted by atomic mass is 10.1. The van der Waals surface area contributed by atoms with Crippen LogP contribution in [0.4, 0.5) is 16.2 Å². The maximum absolute atomic E-state index is 12.4. The molecule has 2 N–H and O–H groups in total. The molecule has 124 valence electrons. The van der Waals surface area contributed by atoms with Crippen LogP contribution in [0.25, 0.3) is 0 Å². The van der Waals surface area contributed by atoms with Crippen LogP contribution in [0.5, 0.6) is 5.75 Å². The second-order valence-corrected chi connectivity index (χ2v) is 5.67. The van der Waals surface area contributed by atoms with Gasteiger partial charge in [-0.3, -0.25) is 9.69 Å². The van der Waals surface area contributed by atoms with Crippen molar-refractivity contribution in [3.05, 3.63) is 53.1 Å². The number of rotatable bonds is 4. The number of methoxy groups -OCH3 is 1. The molecule has 1 aliphatic rings. The topological polar surface area (TPSA) is 70.7 Å². The van der Waals surface area contributed by atoms with E-state index in [2.05, 4.69) is 10.6 Å². The molecule has 7 heteroatoms. The van der Waals surface area contributed by atoms with Crippen LogP contribution in [-0.4, -0.2) is 32.1 Å². The van der Waals surface area contributed by atoms with Gasteiger partial charge in [0.05, 0.1) is 12.7 Å². The number of anilines is 2. The molecular formula is C17H16ClN3O3. The van der Waals surface area contributed by atoms with Crippen molar-refractivity contribution in [2.24, 2.45) is 0 Å². The first-order valence-corrected chi connectivity index (χ1v) is 7.76. The highest BCUT2D eigenvalue weighted by Gasteiger charge is 2.21. The largest absolute Gasteiger partial charge is 0.496 e. The summed E-state index contributed by atoms with van der Waals surface area (Å²) in [6.07, 6.45) is 0. The van der Waals surface area contributed by atoms with Crippen molar-refractivity contribution in [2.75, 3.05) is 30.4 Å². The number of amides is 3. The number of benzene rings is 2. The van der Waals surface area contributed by atoms with Gasteiger partial charge in [-0.05, 0) is 42.5 Å². The number of hydrogen-bond donors (Lipinski definition) is 2. The molecule has 1 fully saturated rings. The molecule has 0 radical (unpaired) electrons. The first kappa shape index (κ1) is 16.1. The predicted octanol–water partition coefficient (Wildman–Crippen LogP) is 3.13. The van der Waals surface area contributed by atoms with Crippen molar-refractivity contribution < 1.29 is 14.3 Å². The zero-order valence-corrected chi connectivity index (χ0v) is 13.8. The van der Waals surface area contributed by atoms with Gasteiger partial charge < -0.3 is 15.4 Å². The molecule has 0 aliphatic carbocycles. The third kappa shape index (κ3) is 3.28. The molecule has 0 unspecified atom stereocenters. The number of carbonyl (C=O) groups excluding carboxylic acids is 2. The number of nitrogens with one attached hydrogen (secondary N) is 2. The van der Waals surface area contributed by atoms with Crippen molar-refractivity contribution in [1.29, 1.82) is 0 Å². The number of nitrogens with zero attached hydrogens (tertiary/aromatic N) is 1. The Bertz CT molecular complexity index is 777. The minimum Gasteiger partial charge on any atom is -0.496 e. The van der Waals surface area contributed by atoms with Crippen molar-refractivity contribution >= 4 is 34.9 Å². The highest BCUT2D eigenvalue weighted by Crippen LogP contribution is 2.25. The maximum Gasteiger partial charge on any atom is 0.321 e. The number of urea groups is 1. The van der Waals surface area contributed by atoms with Crippen LogP contribution in [-0.2, 0) is 0 Å². The normalized spacial score (nSPS) is 13.6. The second kappa shape index (κ2) is 6.80. The smallest absolute Gasteiger partial charge is 0.321 e. The average molecular weight is 346 g/mol. The Morgan fingerprint density at radius 2 is 2.00 bits per heavy atom. The standard InChI is InChI=1S/C17H16ClN3O3/c1-24-15-7-2-11(18)10-14(15)16(22)20-12-3-5-13(6-4-12)21-9-8-19-17(21)23/h2-7,10H,8-9H2,1H3,(H,19,23)(H,20,22). The van der Waals surface area contributed by atoms with E-state index in [1.807, 2.05) is 0 Å². The van der Waals surface area contributed by atoms with Gasteiger partial charge in [-0.1, -0.05) is 11.6 Å². The molecule has 0 saturated carbocycles. The van der Waals surface area contributed by atoms with E-state index in [0.29, 0.717) is 35.1 Å². The summed E-state index contributed by atoms with van der Waals surface area (Å²) in [6.45, 7) is 1.26. The molecule has 6 nitrogen and oxygen atoms in total. The summed E-state index contributed by atoms with van der Waals surface area (Å²) >= 11 is 5.95. The van der Waals surface area contributed by atoms with Gasteiger partial charge in [-0.25, -0.2) is 4.79 Å². The zero-order valence-electron chi connectivity index (χ0n) is 13.0. The van der Waals surface area contributed by atoms with E-state index in [1.165, 1.54) is 7.11 Å². The molecular weight excluding hydrogens is 330 g/mol. The van der Waals surface area contributed by atoms with Gasteiger partial charge in [0.1, 0.15) is 5.75 Å². The summed E-state index contributed by atoms with van der Waals surface area (Å²) in [7, 11) is 1.50. The van der Waals surface area contributed by atoms with Gasteiger partial charge in [0.25, 0.3) is 5.91 Å². The summed E-state index contributed by atoms with van der Waals surface area (Å²) in [5.74, 6) is 0.128. The van der Waals surface area contributed by atoms with Crippen molar-refractivity contribution in [3.63, 3.8) is 0 Å². The Morgan fingerprint density at radius 3 is 2.62 bits per heavy atom. The van der Waals surface area contributed by atoms with Gasteiger partial charge in [0, 0.05) is 29.5 Å². The summed E-state index contributed by atoms with van der Waals surface area (Å²) in [5.41, 5.74) is 1.75. The van der Waals surface area contributed by atoms with Crippen LogP contribution in [0, 0.1) is 0 Å². The van der Waals surface area contributed by atoms with Crippen LogP contribution in [0.3, 0.4) is 0 Å². The highest BCUT2D eigenvalue weighted by atomic mass is 35.5. The van der Waals surface area contributed by atoms with Gasteiger partial charge >= 0.3 is 6.03 Å². The summed E-state index contributed by atoms with van der Waals surface area (Å²) in [4.78, 5) is 25.7. The van der Waals surface area contributed by atoms with Crippen molar-refractivity contribution in [3.8, 4) is 5.75 Å². The van der Waals surface area contributed by atoms with E-state index in [0.717, 1.165) is 5.69 Å². The van der Waals surface area contributed by atoms with Crippen molar-refractivity contribution in [1.82, 2.24) is 5.32 Å². The SMILES string of the molecule is COc1ccc(Cl)cc1C(=O)Nc1ccc(N2CCNC2=O)cc1. The third-order valence-electron chi connectivity index (χ3n) is 3.70. The summed E-state index contributed by atoms with van der Waals surface area (Å²) in [6, 6.07) is 11.8. The fourth-order valence-corrected chi connectivity index (χ4v) is 2.67. The van der Waals surface area contributed by atoms with Gasteiger partial charge in [0.15, 0.2) is 0 Å². The Kier molecular flexibility index (Phi) is 4.57. The average Bonchev–Trinajstić information content (AvgIpc) is 3.01. The first-order chi connectivity index (χ1) is 11.6. The van der Waals surface area contributed by atoms with Gasteiger partial charge in [-0.15, -0.1) is 0 Å². The molecule has 0 aromatic heterocycles. The van der Waals surface area contributed by atoms with Crippen LogP contribution < -0.4 is 20.3 Å². The minimum absolute atomic E-state index is 0.115. The molecule has 2 aromatic rings. The van der Waals surface area contributed by atoms with E-state index < -0.39 is 0 Å². The highest BCUT2D eigenvalue weighted by molar-refractivity contribution is 6.31. The molecule has 2 aromatic carbocycles. The molecule has 1 aliphatic heterocycles. The number of halogens is 1. The second-order valence-electron chi connectivity index (χ2n) is 5.23. The van der Waals surface area contributed by atoms with E-state index in [9.17, 15) is 9.59 Å². The van der Waals surface area contributed by atoms with E-state index in [-0.39, 0.29) is 11.9 Å². The van der Waals surface area contributed by atoms with E-state index >= 15 is 0 Å². The van der Waals surface area contributed by atoms with E-state index in [4.69, 9.17) is 16.3 Å². The minimum atomic E-state index is -0.319. The Balaban J connectivity index is 1.75. The maximum atomic E-state index is 12.4. The van der Waals surface area contributed by atoms with Crippen LogP contribution >= 0.6 is 11.6 Å². The Hall–Kier alpha value is -2.73. The molecule has 3 rings (SSSR count).